The zero-order chi connectivity index (χ0) is 18.5. The Hall–Kier alpha value is -2.94. The maximum Gasteiger partial charge on any atom is 0.261 e. The molecule has 0 saturated carbocycles. The topological polar surface area (TPSA) is 90.6 Å². The second kappa shape index (κ2) is 7.96. The van der Waals surface area contributed by atoms with Crippen LogP contribution in [0.5, 0.6) is 11.5 Å². The van der Waals surface area contributed by atoms with Gasteiger partial charge in [0.1, 0.15) is 12.1 Å². The first-order chi connectivity index (χ1) is 12.6. The number of fused-ring (bicyclic) bond motifs is 1. The quantitative estimate of drug-likeness (QED) is 0.490. The summed E-state index contributed by atoms with van der Waals surface area (Å²) in [7, 11) is 3.11. The van der Waals surface area contributed by atoms with Crippen molar-refractivity contribution in [1.29, 1.82) is 0 Å². The molecule has 9 heteroatoms. The zero-order valence-corrected chi connectivity index (χ0v) is 15.7. The predicted octanol–water partition coefficient (Wildman–Crippen LogP) is 2.36. The normalized spacial score (nSPS) is 11.0. The van der Waals surface area contributed by atoms with Crippen LogP contribution >= 0.6 is 15.9 Å². The lowest BCUT2D eigenvalue weighted by Gasteiger charge is -2.10. The number of nitrogens with one attached hydrogen (secondary N) is 1. The largest absolute Gasteiger partial charge is 0.493 e. The van der Waals surface area contributed by atoms with E-state index in [2.05, 4.69) is 36.8 Å². The number of hydrogen-bond acceptors (Lipinski definition) is 6. The Morgan fingerprint density at radius 3 is 2.88 bits per heavy atom. The van der Waals surface area contributed by atoms with Crippen LogP contribution in [0.2, 0.25) is 0 Å². The van der Waals surface area contributed by atoms with Crippen LogP contribution in [0.25, 0.3) is 11.0 Å². The van der Waals surface area contributed by atoms with Crippen LogP contribution in [0.3, 0.4) is 0 Å². The first-order valence-electron chi connectivity index (χ1n) is 7.64. The summed E-state index contributed by atoms with van der Waals surface area (Å²) in [6.07, 6.45) is 1.52. The lowest BCUT2D eigenvalue weighted by atomic mass is 10.2. The van der Waals surface area contributed by atoms with Crippen molar-refractivity contribution >= 4 is 39.1 Å². The van der Waals surface area contributed by atoms with Crippen molar-refractivity contribution in [2.24, 2.45) is 5.10 Å². The SMILES string of the molecule is COc1cc(/C=N/NC(=O)Cn2nnc3ccccc32)cc(Br)c1OC. The summed E-state index contributed by atoms with van der Waals surface area (Å²) in [4.78, 5) is 12.1. The van der Waals surface area contributed by atoms with Gasteiger partial charge in [-0.05, 0) is 45.8 Å². The average molecular weight is 418 g/mol. The molecule has 2 aromatic carbocycles. The standard InChI is InChI=1S/C17H16BrN5O3/c1-25-15-8-11(7-12(18)17(15)26-2)9-19-21-16(24)10-23-14-6-4-3-5-13(14)20-22-23/h3-9H,10H2,1-2H3,(H,21,24)/b19-9+. The third-order valence-corrected chi connectivity index (χ3v) is 4.16. The summed E-state index contributed by atoms with van der Waals surface area (Å²) in [5.41, 5.74) is 4.73. The second-order valence-corrected chi connectivity index (χ2v) is 6.12. The first kappa shape index (κ1) is 17.9. The highest BCUT2D eigenvalue weighted by Gasteiger charge is 2.10. The van der Waals surface area contributed by atoms with Crippen molar-refractivity contribution in [2.75, 3.05) is 14.2 Å². The number of carbonyl (C=O) groups is 1. The zero-order valence-electron chi connectivity index (χ0n) is 14.1. The van der Waals surface area contributed by atoms with E-state index in [0.29, 0.717) is 11.5 Å². The molecule has 0 atom stereocenters. The minimum atomic E-state index is -0.309. The number of nitrogens with zero attached hydrogens (tertiary/aromatic N) is 4. The van der Waals surface area contributed by atoms with Crippen LogP contribution in [0.1, 0.15) is 5.56 Å². The van der Waals surface area contributed by atoms with E-state index >= 15 is 0 Å². The molecule has 0 unspecified atom stereocenters. The number of aromatic nitrogens is 3. The van der Waals surface area contributed by atoms with Gasteiger partial charge >= 0.3 is 0 Å². The molecule has 0 saturated heterocycles. The Balaban J connectivity index is 1.67. The number of para-hydroxylation sites is 1. The number of hydrogen-bond donors (Lipinski definition) is 1. The van der Waals surface area contributed by atoms with Crippen molar-refractivity contribution < 1.29 is 14.3 Å². The van der Waals surface area contributed by atoms with Crippen molar-refractivity contribution in [3.05, 3.63) is 46.4 Å². The van der Waals surface area contributed by atoms with Crippen LogP contribution in [-0.2, 0) is 11.3 Å². The fourth-order valence-electron chi connectivity index (χ4n) is 2.40. The van der Waals surface area contributed by atoms with E-state index in [1.165, 1.54) is 10.9 Å². The Bertz CT molecular complexity index is 970. The molecular weight excluding hydrogens is 402 g/mol. The molecule has 8 nitrogen and oxygen atoms in total. The summed E-state index contributed by atoms with van der Waals surface area (Å²) in [5, 5.41) is 12.0. The smallest absolute Gasteiger partial charge is 0.261 e. The first-order valence-corrected chi connectivity index (χ1v) is 8.43. The summed E-state index contributed by atoms with van der Waals surface area (Å²) >= 11 is 3.41. The average Bonchev–Trinajstić information content (AvgIpc) is 3.04. The van der Waals surface area contributed by atoms with Crippen molar-refractivity contribution in [1.82, 2.24) is 20.4 Å². The number of methoxy groups -OCH3 is 2. The number of amides is 1. The van der Waals surface area contributed by atoms with E-state index in [9.17, 15) is 4.79 Å². The van der Waals surface area contributed by atoms with Gasteiger partial charge in [-0.1, -0.05) is 17.3 Å². The summed E-state index contributed by atoms with van der Waals surface area (Å²) < 4.78 is 12.8. The number of hydrazone groups is 1. The van der Waals surface area contributed by atoms with Gasteiger partial charge in [0.25, 0.3) is 5.91 Å². The van der Waals surface area contributed by atoms with Crippen molar-refractivity contribution in [3.63, 3.8) is 0 Å². The highest BCUT2D eigenvalue weighted by molar-refractivity contribution is 9.10. The fourth-order valence-corrected chi connectivity index (χ4v) is 3.02. The van der Waals surface area contributed by atoms with E-state index in [-0.39, 0.29) is 12.5 Å². The van der Waals surface area contributed by atoms with E-state index in [4.69, 9.17) is 9.47 Å². The molecule has 0 radical (unpaired) electrons. The Morgan fingerprint density at radius 2 is 2.12 bits per heavy atom. The van der Waals surface area contributed by atoms with E-state index in [1.807, 2.05) is 30.3 Å². The van der Waals surface area contributed by atoms with Gasteiger partial charge in [0, 0.05) is 0 Å². The second-order valence-electron chi connectivity index (χ2n) is 5.27. The molecule has 1 amide bonds. The summed E-state index contributed by atoms with van der Waals surface area (Å²) in [6, 6.07) is 11.0. The molecule has 1 heterocycles. The Morgan fingerprint density at radius 1 is 1.31 bits per heavy atom. The summed E-state index contributed by atoms with van der Waals surface area (Å²) in [5.74, 6) is 0.840. The molecule has 0 aliphatic carbocycles. The van der Waals surface area contributed by atoms with E-state index in [1.54, 1.807) is 20.3 Å². The number of ether oxygens (including phenoxy) is 2. The van der Waals surface area contributed by atoms with E-state index in [0.717, 1.165) is 21.1 Å². The molecule has 0 aliphatic rings. The lowest BCUT2D eigenvalue weighted by molar-refractivity contribution is -0.121. The fraction of sp³-hybridized carbons (Fsp3) is 0.176. The van der Waals surface area contributed by atoms with Crippen LogP contribution in [0, 0.1) is 0 Å². The third kappa shape index (κ3) is 3.83. The van der Waals surface area contributed by atoms with Gasteiger partial charge in [-0.15, -0.1) is 5.10 Å². The van der Waals surface area contributed by atoms with Gasteiger partial charge in [-0.3, -0.25) is 4.79 Å². The van der Waals surface area contributed by atoms with Gasteiger partial charge in [0.05, 0.1) is 30.4 Å². The molecule has 3 rings (SSSR count). The minimum absolute atomic E-state index is 0.0213. The lowest BCUT2D eigenvalue weighted by Crippen LogP contribution is -2.23. The Kier molecular flexibility index (Phi) is 5.47. The van der Waals surface area contributed by atoms with Gasteiger partial charge in [0.15, 0.2) is 11.5 Å². The molecular formula is C17H16BrN5O3. The van der Waals surface area contributed by atoms with E-state index < -0.39 is 0 Å². The number of carbonyl (C=O) groups excluding carboxylic acids is 1. The third-order valence-electron chi connectivity index (χ3n) is 3.57. The molecule has 134 valence electrons. The molecule has 0 bridgehead atoms. The number of rotatable bonds is 6. The molecule has 0 fully saturated rings. The van der Waals surface area contributed by atoms with Crippen molar-refractivity contribution in [3.8, 4) is 11.5 Å². The van der Waals surface area contributed by atoms with Crippen molar-refractivity contribution in [2.45, 2.75) is 6.54 Å². The Labute approximate surface area is 157 Å². The molecule has 1 N–H and O–H groups in total. The monoisotopic (exact) mass is 417 g/mol. The van der Waals surface area contributed by atoms with Crippen LogP contribution < -0.4 is 14.9 Å². The van der Waals surface area contributed by atoms with Crippen LogP contribution in [0.15, 0.2) is 46.0 Å². The molecule has 0 spiro atoms. The van der Waals surface area contributed by atoms with Gasteiger partial charge in [-0.25, -0.2) is 10.1 Å². The predicted molar refractivity (Wildman–Crippen MR) is 101 cm³/mol. The molecule has 0 aliphatic heterocycles. The summed E-state index contributed by atoms with van der Waals surface area (Å²) in [6.45, 7) is 0.0213. The molecule has 3 aromatic rings. The maximum atomic E-state index is 12.1. The van der Waals surface area contributed by atoms with Gasteiger partial charge in [0.2, 0.25) is 0 Å². The maximum absolute atomic E-state index is 12.1. The minimum Gasteiger partial charge on any atom is -0.493 e. The number of halogens is 1. The molecule has 26 heavy (non-hydrogen) atoms. The van der Waals surface area contributed by atoms with Gasteiger partial charge < -0.3 is 9.47 Å². The van der Waals surface area contributed by atoms with Crippen LogP contribution in [-0.4, -0.2) is 41.3 Å². The van der Waals surface area contributed by atoms with Gasteiger partial charge in [-0.2, -0.15) is 5.10 Å². The van der Waals surface area contributed by atoms with Crippen LogP contribution in [0.4, 0.5) is 0 Å². The molecule has 1 aromatic heterocycles. The number of benzene rings is 2. The highest BCUT2D eigenvalue weighted by atomic mass is 79.9. The highest BCUT2D eigenvalue weighted by Crippen LogP contribution is 2.35.